The summed E-state index contributed by atoms with van der Waals surface area (Å²) < 4.78 is 0. The van der Waals surface area contributed by atoms with Crippen molar-refractivity contribution in [2.45, 2.75) is 12.5 Å². The SMILES string of the molecule is C#Cc1cccc(C#C)c1C[C@@H](NC(=O)c1nccc2c1[nH]c1ccccc12)c1ccccc1. The molecule has 0 unspecified atom stereocenters. The van der Waals surface area contributed by atoms with E-state index in [9.17, 15) is 4.79 Å². The van der Waals surface area contributed by atoms with Crippen LogP contribution in [-0.4, -0.2) is 15.9 Å². The molecule has 3 aromatic carbocycles. The van der Waals surface area contributed by atoms with Gasteiger partial charge >= 0.3 is 0 Å². The largest absolute Gasteiger partial charge is 0.353 e. The zero-order chi connectivity index (χ0) is 23.5. The van der Waals surface area contributed by atoms with Crippen LogP contribution in [0.1, 0.15) is 38.8 Å². The Morgan fingerprint density at radius 3 is 2.32 bits per heavy atom. The number of amides is 1. The summed E-state index contributed by atoms with van der Waals surface area (Å²) in [5.41, 5.74) is 5.27. The van der Waals surface area contributed by atoms with Gasteiger partial charge in [0.15, 0.2) is 5.69 Å². The number of aromatic nitrogens is 2. The summed E-state index contributed by atoms with van der Waals surface area (Å²) in [4.78, 5) is 21.3. The molecule has 4 heteroatoms. The van der Waals surface area contributed by atoms with Gasteiger partial charge in [0.1, 0.15) is 0 Å². The second kappa shape index (κ2) is 8.98. The molecule has 0 aliphatic rings. The summed E-state index contributed by atoms with van der Waals surface area (Å²) in [5.74, 6) is 5.18. The molecule has 2 N–H and O–H groups in total. The number of carbonyl (C=O) groups is 1. The van der Waals surface area contributed by atoms with E-state index >= 15 is 0 Å². The van der Waals surface area contributed by atoms with Crippen LogP contribution >= 0.6 is 0 Å². The van der Waals surface area contributed by atoms with Gasteiger partial charge in [0.2, 0.25) is 0 Å². The lowest BCUT2D eigenvalue weighted by molar-refractivity contribution is 0.0933. The first-order chi connectivity index (χ1) is 16.7. The van der Waals surface area contributed by atoms with Crippen LogP contribution in [0, 0.1) is 24.7 Å². The summed E-state index contributed by atoms with van der Waals surface area (Å²) in [6.45, 7) is 0. The number of nitrogens with zero attached hydrogens (tertiary/aromatic N) is 1. The van der Waals surface area contributed by atoms with Crippen molar-refractivity contribution in [3.63, 3.8) is 0 Å². The Kier molecular flexibility index (Phi) is 5.56. The number of hydrogen-bond donors (Lipinski definition) is 2. The Morgan fingerprint density at radius 1 is 0.882 bits per heavy atom. The molecule has 0 saturated carbocycles. The molecule has 2 aromatic heterocycles. The average Bonchev–Trinajstić information content (AvgIpc) is 3.27. The van der Waals surface area contributed by atoms with E-state index in [1.54, 1.807) is 6.20 Å². The monoisotopic (exact) mass is 439 g/mol. The fourth-order valence-corrected chi connectivity index (χ4v) is 4.39. The molecule has 162 valence electrons. The molecule has 2 heterocycles. The minimum absolute atomic E-state index is 0.272. The summed E-state index contributed by atoms with van der Waals surface area (Å²) in [6, 6.07) is 24.9. The topological polar surface area (TPSA) is 57.8 Å². The summed E-state index contributed by atoms with van der Waals surface area (Å²) >= 11 is 0. The fourth-order valence-electron chi connectivity index (χ4n) is 4.39. The number of aromatic amines is 1. The van der Waals surface area contributed by atoms with Crippen LogP contribution in [0.5, 0.6) is 0 Å². The van der Waals surface area contributed by atoms with Crippen molar-refractivity contribution in [1.82, 2.24) is 15.3 Å². The van der Waals surface area contributed by atoms with E-state index in [0.29, 0.717) is 17.6 Å². The smallest absolute Gasteiger partial charge is 0.272 e. The van der Waals surface area contributed by atoms with Crippen molar-refractivity contribution < 1.29 is 4.79 Å². The number of terminal acetylenes is 2. The number of nitrogens with one attached hydrogen (secondary N) is 2. The Bertz CT molecular complexity index is 1570. The second-order valence-corrected chi connectivity index (χ2v) is 8.01. The highest BCUT2D eigenvalue weighted by molar-refractivity contribution is 6.13. The van der Waals surface area contributed by atoms with Gasteiger partial charge in [-0.2, -0.15) is 0 Å². The Balaban J connectivity index is 1.56. The number of pyridine rings is 1. The number of hydrogen-bond acceptors (Lipinski definition) is 2. The van der Waals surface area contributed by atoms with Crippen molar-refractivity contribution >= 4 is 27.7 Å². The van der Waals surface area contributed by atoms with Crippen LogP contribution in [0.3, 0.4) is 0 Å². The molecule has 5 rings (SSSR count). The average molecular weight is 440 g/mol. The van der Waals surface area contributed by atoms with Gasteiger partial charge in [-0.3, -0.25) is 4.79 Å². The van der Waals surface area contributed by atoms with Gasteiger partial charge in [0, 0.05) is 33.6 Å². The summed E-state index contributed by atoms with van der Waals surface area (Å²) in [7, 11) is 0. The zero-order valence-corrected chi connectivity index (χ0v) is 18.4. The van der Waals surface area contributed by atoms with Gasteiger partial charge in [-0.25, -0.2) is 4.98 Å². The third kappa shape index (κ3) is 3.79. The molecule has 0 spiro atoms. The van der Waals surface area contributed by atoms with Crippen LogP contribution in [0.15, 0.2) is 85.1 Å². The first-order valence-corrected chi connectivity index (χ1v) is 11.0. The van der Waals surface area contributed by atoms with Gasteiger partial charge in [-0.05, 0) is 41.8 Å². The molecule has 34 heavy (non-hydrogen) atoms. The van der Waals surface area contributed by atoms with E-state index in [1.807, 2.05) is 78.9 Å². The lowest BCUT2D eigenvalue weighted by Crippen LogP contribution is -2.31. The van der Waals surface area contributed by atoms with Gasteiger partial charge in [-0.1, -0.05) is 66.4 Å². The van der Waals surface area contributed by atoms with Gasteiger partial charge < -0.3 is 10.3 Å². The third-order valence-electron chi connectivity index (χ3n) is 6.05. The first-order valence-electron chi connectivity index (χ1n) is 11.0. The number of fused-ring (bicyclic) bond motifs is 3. The van der Waals surface area contributed by atoms with Crippen molar-refractivity contribution in [3.8, 4) is 24.7 Å². The molecular formula is C30H21N3O. The molecule has 0 aliphatic heterocycles. The van der Waals surface area contributed by atoms with Crippen molar-refractivity contribution in [2.24, 2.45) is 0 Å². The number of benzene rings is 3. The molecule has 0 aliphatic carbocycles. The maximum Gasteiger partial charge on any atom is 0.272 e. The predicted molar refractivity (Wildman–Crippen MR) is 136 cm³/mol. The van der Waals surface area contributed by atoms with Crippen LogP contribution in [-0.2, 0) is 6.42 Å². The molecule has 0 radical (unpaired) electrons. The highest BCUT2D eigenvalue weighted by atomic mass is 16.2. The zero-order valence-electron chi connectivity index (χ0n) is 18.4. The molecule has 1 atom stereocenters. The standard InChI is InChI=1S/C30H21N3O/c1-3-20-13-10-14-21(4-2)25(20)19-27(22-11-6-5-7-12-22)33-30(34)29-28-24(17-18-31-29)23-15-8-9-16-26(23)32-28/h1-2,5-18,27,32H,19H2,(H,33,34)/t27-/m1/s1. The van der Waals surface area contributed by atoms with E-state index in [1.165, 1.54) is 0 Å². The molecule has 4 nitrogen and oxygen atoms in total. The Morgan fingerprint density at radius 2 is 1.59 bits per heavy atom. The van der Waals surface area contributed by atoms with E-state index in [-0.39, 0.29) is 11.9 Å². The van der Waals surface area contributed by atoms with E-state index in [4.69, 9.17) is 12.8 Å². The number of H-pyrrole nitrogens is 1. The molecule has 0 fully saturated rings. The lowest BCUT2D eigenvalue weighted by atomic mass is 9.92. The number of para-hydroxylation sites is 1. The maximum atomic E-state index is 13.5. The summed E-state index contributed by atoms with van der Waals surface area (Å²) in [6.07, 6.45) is 13.6. The van der Waals surface area contributed by atoms with Crippen LogP contribution in [0.25, 0.3) is 21.8 Å². The highest BCUT2D eigenvalue weighted by Crippen LogP contribution is 2.28. The number of carbonyl (C=O) groups excluding carboxylic acids is 1. The maximum absolute atomic E-state index is 13.5. The number of rotatable bonds is 5. The lowest BCUT2D eigenvalue weighted by Gasteiger charge is -2.21. The second-order valence-electron chi connectivity index (χ2n) is 8.01. The Labute approximate surface area is 198 Å². The molecule has 0 saturated heterocycles. The minimum atomic E-state index is -0.350. The van der Waals surface area contributed by atoms with Gasteiger partial charge in [-0.15, -0.1) is 12.8 Å². The quantitative estimate of drug-likeness (QED) is 0.361. The molecule has 5 aromatic rings. The molecule has 1 amide bonds. The third-order valence-corrected chi connectivity index (χ3v) is 6.05. The van der Waals surface area contributed by atoms with Crippen molar-refractivity contribution in [3.05, 3.63) is 113 Å². The fraction of sp³-hybridized carbons (Fsp3) is 0.0667. The summed E-state index contributed by atoms with van der Waals surface area (Å²) in [5, 5.41) is 5.19. The Hall–Kier alpha value is -4.80. The minimum Gasteiger partial charge on any atom is -0.353 e. The van der Waals surface area contributed by atoms with Crippen LogP contribution in [0.2, 0.25) is 0 Å². The molecular weight excluding hydrogens is 418 g/mol. The normalized spacial score (nSPS) is 11.6. The van der Waals surface area contributed by atoms with Gasteiger partial charge in [0.05, 0.1) is 11.6 Å². The van der Waals surface area contributed by atoms with E-state index in [0.717, 1.165) is 38.5 Å². The van der Waals surface area contributed by atoms with Crippen molar-refractivity contribution in [2.75, 3.05) is 0 Å². The van der Waals surface area contributed by atoms with E-state index < -0.39 is 0 Å². The molecule has 0 bridgehead atoms. The highest BCUT2D eigenvalue weighted by Gasteiger charge is 2.22. The van der Waals surface area contributed by atoms with Crippen LogP contribution in [0.4, 0.5) is 0 Å². The van der Waals surface area contributed by atoms with Crippen molar-refractivity contribution in [1.29, 1.82) is 0 Å². The van der Waals surface area contributed by atoms with Gasteiger partial charge in [0.25, 0.3) is 5.91 Å². The van der Waals surface area contributed by atoms with E-state index in [2.05, 4.69) is 27.1 Å². The predicted octanol–water partition coefficient (Wildman–Crippen LogP) is 5.39. The first kappa shape index (κ1) is 21.1. The van der Waals surface area contributed by atoms with Crippen LogP contribution < -0.4 is 5.32 Å².